The Morgan fingerprint density at radius 1 is 1.39 bits per heavy atom. The number of likely N-dealkylation sites (tertiary alicyclic amines) is 1. The fourth-order valence-corrected chi connectivity index (χ4v) is 2.53. The Labute approximate surface area is 113 Å². The van der Waals surface area contributed by atoms with Gasteiger partial charge >= 0.3 is 0 Å². The Kier molecular flexibility index (Phi) is 6.67. The van der Waals surface area contributed by atoms with E-state index in [9.17, 15) is 5.26 Å². The van der Waals surface area contributed by atoms with Crippen molar-refractivity contribution in [3.63, 3.8) is 0 Å². The molecule has 0 saturated carbocycles. The van der Waals surface area contributed by atoms with Crippen molar-refractivity contribution >= 4 is 0 Å². The van der Waals surface area contributed by atoms with Gasteiger partial charge in [-0.15, -0.1) is 0 Å². The minimum absolute atomic E-state index is 0.334. The van der Waals surface area contributed by atoms with Gasteiger partial charge in [-0.2, -0.15) is 5.26 Å². The molecule has 0 amide bonds. The Bertz CT molecular complexity index is 263. The van der Waals surface area contributed by atoms with E-state index in [4.69, 9.17) is 0 Å². The van der Waals surface area contributed by atoms with Gasteiger partial charge in [-0.25, -0.2) is 0 Å². The number of nitriles is 1. The molecule has 0 aromatic rings. The molecule has 3 nitrogen and oxygen atoms in total. The molecule has 1 heterocycles. The summed E-state index contributed by atoms with van der Waals surface area (Å²) in [5.74, 6) is 0.900. The SMILES string of the molecule is CCCNC(C)(C#N)CCCN1CCC(C)CC1. The van der Waals surface area contributed by atoms with Crippen LogP contribution in [0.5, 0.6) is 0 Å². The molecule has 104 valence electrons. The number of hydrogen-bond acceptors (Lipinski definition) is 3. The molecule has 1 aliphatic heterocycles. The first kappa shape index (κ1) is 15.5. The molecule has 0 aromatic carbocycles. The quantitative estimate of drug-likeness (QED) is 0.756. The van der Waals surface area contributed by atoms with Crippen molar-refractivity contribution in [1.29, 1.82) is 5.26 Å². The number of nitrogens with zero attached hydrogens (tertiary/aromatic N) is 2. The lowest BCUT2D eigenvalue weighted by Crippen LogP contribution is -2.42. The maximum atomic E-state index is 9.26. The van der Waals surface area contributed by atoms with Crippen LogP contribution in [0.2, 0.25) is 0 Å². The molecule has 0 radical (unpaired) electrons. The van der Waals surface area contributed by atoms with Crippen LogP contribution in [0.15, 0.2) is 0 Å². The Morgan fingerprint density at radius 3 is 2.61 bits per heavy atom. The van der Waals surface area contributed by atoms with Crippen LogP contribution in [0, 0.1) is 17.2 Å². The van der Waals surface area contributed by atoms with Crippen LogP contribution in [0.4, 0.5) is 0 Å². The molecule has 0 bridgehead atoms. The molecule has 1 aliphatic rings. The molecule has 1 saturated heterocycles. The molecule has 1 unspecified atom stereocenters. The lowest BCUT2D eigenvalue weighted by atomic mass is 9.96. The number of piperidine rings is 1. The molecular weight excluding hydrogens is 222 g/mol. The van der Waals surface area contributed by atoms with Crippen molar-refractivity contribution in [1.82, 2.24) is 10.2 Å². The predicted molar refractivity (Wildman–Crippen MR) is 76.4 cm³/mol. The van der Waals surface area contributed by atoms with Crippen molar-refractivity contribution in [3.05, 3.63) is 0 Å². The maximum absolute atomic E-state index is 9.26. The summed E-state index contributed by atoms with van der Waals surface area (Å²) in [4.78, 5) is 2.55. The topological polar surface area (TPSA) is 39.1 Å². The van der Waals surface area contributed by atoms with Crippen LogP contribution in [-0.4, -0.2) is 36.6 Å². The van der Waals surface area contributed by atoms with E-state index in [0.717, 1.165) is 38.3 Å². The first-order chi connectivity index (χ1) is 8.59. The van der Waals surface area contributed by atoms with E-state index in [1.165, 1.54) is 25.9 Å². The van der Waals surface area contributed by atoms with E-state index < -0.39 is 0 Å². The largest absolute Gasteiger partial charge is 0.303 e. The lowest BCUT2D eigenvalue weighted by molar-refractivity contribution is 0.185. The number of nitrogens with one attached hydrogen (secondary N) is 1. The van der Waals surface area contributed by atoms with Crippen LogP contribution < -0.4 is 5.32 Å². The van der Waals surface area contributed by atoms with Gasteiger partial charge in [-0.3, -0.25) is 5.32 Å². The molecule has 1 atom stereocenters. The summed E-state index contributed by atoms with van der Waals surface area (Å²) < 4.78 is 0. The van der Waals surface area contributed by atoms with Crippen molar-refractivity contribution < 1.29 is 0 Å². The van der Waals surface area contributed by atoms with Crippen molar-refractivity contribution in [3.8, 4) is 6.07 Å². The second-order valence-corrected chi connectivity index (χ2v) is 6.00. The summed E-state index contributed by atoms with van der Waals surface area (Å²) in [6.07, 6.45) is 5.83. The van der Waals surface area contributed by atoms with E-state index >= 15 is 0 Å². The monoisotopic (exact) mass is 251 g/mol. The molecule has 1 fully saturated rings. The highest BCUT2D eigenvalue weighted by molar-refractivity contribution is 5.03. The van der Waals surface area contributed by atoms with Crippen LogP contribution in [0.25, 0.3) is 0 Å². The third-order valence-electron chi connectivity index (χ3n) is 4.04. The van der Waals surface area contributed by atoms with Crippen LogP contribution in [0.3, 0.4) is 0 Å². The third kappa shape index (κ3) is 5.37. The lowest BCUT2D eigenvalue weighted by Gasteiger charge is -2.31. The minimum atomic E-state index is -0.334. The van der Waals surface area contributed by atoms with E-state index in [0.29, 0.717) is 0 Å². The summed E-state index contributed by atoms with van der Waals surface area (Å²) in [6.45, 7) is 11.1. The zero-order valence-electron chi connectivity index (χ0n) is 12.3. The van der Waals surface area contributed by atoms with Crippen LogP contribution >= 0.6 is 0 Å². The first-order valence-electron chi connectivity index (χ1n) is 7.48. The fraction of sp³-hybridized carbons (Fsp3) is 0.933. The van der Waals surface area contributed by atoms with Crippen molar-refractivity contribution in [2.45, 2.75) is 58.4 Å². The molecular formula is C15H29N3. The molecule has 0 aliphatic carbocycles. The second-order valence-electron chi connectivity index (χ2n) is 6.00. The minimum Gasteiger partial charge on any atom is -0.303 e. The van der Waals surface area contributed by atoms with E-state index in [-0.39, 0.29) is 5.54 Å². The normalized spacial score (nSPS) is 21.4. The summed E-state index contributed by atoms with van der Waals surface area (Å²) in [7, 11) is 0. The summed E-state index contributed by atoms with van der Waals surface area (Å²) in [6, 6.07) is 2.43. The summed E-state index contributed by atoms with van der Waals surface area (Å²) in [5, 5.41) is 12.6. The van der Waals surface area contributed by atoms with Crippen molar-refractivity contribution in [2.24, 2.45) is 5.92 Å². The highest BCUT2D eigenvalue weighted by atomic mass is 15.1. The van der Waals surface area contributed by atoms with Gasteiger partial charge in [0.05, 0.1) is 6.07 Å². The van der Waals surface area contributed by atoms with E-state index in [2.05, 4.69) is 30.1 Å². The molecule has 1 N–H and O–H groups in total. The van der Waals surface area contributed by atoms with Gasteiger partial charge in [0.2, 0.25) is 0 Å². The van der Waals surface area contributed by atoms with Gasteiger partial charge < -0.3 is 4.90 Å². The van der Waals surface area contributed by atoms with Gasteiger partial charge in [0, 0.05) is 0 Å². The molecule has 0 spiro atoms. The Balaban J connectivity index is 2.21. The van der Waals surface area contributed by atoms with Gasteiger partial charge in [0.1, 0.15) is 5.54 Å². The summed E-state index contributed by atoms with van der Waals surface area (Å²) >= 11 is 0. The van der Waals surface area contributed by atoms with Crippen LogP contribution in [-0.2, 0) is 0 Å². The molecule has 3 heteroatoms. The van der Waals surface area contributed by atoms with E-state index in [1.54, 1.807) is 0 Å². The zero-order valence-corrected chi connectivity index (χ0v) is 12.3. The Morgan fingerprint density at radius 2 is 2.06 bits per heavy atom. The third-order valence-corrected chi connectivity index (χ3v) is 4.04. The standard InChI is InChI=1S/C15H29N3/c1-4-9-17-15(3,13-16)8-5-10-18-11-6-14(2)7-12-18/h14,17H,4-12H2,1-3H3. The Hall–Kier alpha value is -0.590. The molecule has 0 aromatic heterocycles. The average molecular weight is 251 g/mol. The van der Waals surface area contributed by atoms with Gasteiger partial charge in [-0.05, 0) is 71.1 Å². The fourth-order valence-electron chi connectivity index (χ4n) is 2.53. The zero-order chi connectivity index (χ0) is 13.4. The second kappa shape index (κ2) is 7.76. The smallest absolute Gasteiger partial charge is 0.103 e. The molecule has 18 heavy (non-hydrogen) atoms. The predicted octanol–water partition coefficient (Wildman–Crippen LogP) is 2.78. The summed E-state index contributed by atoms with van der Waals surface area (Å²) in [5.41, 5.74) is -0.334. The maximum Gasteiger partial charge on any atom is 0.103 e. The first-order valence-corrected chi connectivity index (χ1v) is 7.48. The number of hydrogen-bond donors (Lipinski definition) is 1. The van der Waals surface area contributed by atoms with Gasteiger partial charge in [-0.1, -0.05) is 13.8 Å². The van der Waals surface area contributed by atoms with Crippen LogP contribution in [0.1, 0.15) is 52.9 Å². The van der Waals surface area contributed by atoms with E-state index in [1.807, 2.05) is 6.92 Å². The highest BCUT2D eigenvalue weighted by Gasteiger charge is 2.23. The van der Waals surface area contributed by atoms with Gasteiger partial charge in [0.25, 0.3) is 0 Å². The average Bonchev–Trinajstić information content (AvgIpc) is 2.39. The molecule has 1 rings (SSSR count). The highest BCUT2D eigenvalue weighted by Crippen LogP contribution is 2.18. The van der Waals surface area contributed by atoms with Crippen molar-refractivity contribution in [2.75, 3.05) is 26.2 Å². The number of rotatable bonds is 7. The van der Waals surface area contributed by atoms with Gasteiger partial charge in [0.15, 0.2) is 0 Å².